The van der Waals surface area contributed by atoms with Gasteiger partial charge in [0, 0.05) is 41.3 Å². The quantitative estimate of drug-likeness (QED) is 0.523. The van der Waals surface area contributed by atoms with Crippen LogP contribution < -0.4 is 0 Å². The van der Waals surface area contributed by atoms with E-state index in [2.05, 4.69) is 35.9 Å². The summed E-state index contributed by atoms with van der Waals surface area (Å²) in [6, 6.07) is 20.1. The van der Waals surface area contributed by atoms with E-state index in [4.69, 9.17) is 9.97 Å². The third kappa shape index (κ3) is 3.47. The molecule has 4 aromatic heterocycles. The summed E-state index contributed by atoms with van der Waals surface area (Å²) in [5.74, 6) is 0. The van der Waals surface area contributed by atoms with Crippen molar-refractivity contribution >= 4 is 0 Å². The topological polar surface area (TPSA) is 51.6 Å². The minimum Gasteiger partial charge on any atom is -0.264 e. The van der Waals surface area contributed by atoms with Crippen molar-refractivity contribution in [2.75, 3.05) is 0 Å². The van der Waals surface area contributed by atoms with Crippen LogP contribution in [0.4, 0.5) is 0 Å². The van der Waals surface area contributed by atoms with Gasteiger partial charge in [-0.25, -0.2) is 0 Å². The number of aromatic nitrogens is 4. The molecule has 4 rings (SSSR count). The van der Waals surface area contributed by atoms with Crippen molar-refractivity contribution < 1.29 is 0 Å². The summed E-state index contributed by atoms with van der Waals surface area (Å²) in [6.45, 7) is 4.30. The molecule has 0 saturated carbocycles. The molecule has 0 unspecified atom stereocenters. The molecule has 132 valence electrons. The van der Waals surface area contributed by atoms with Gasteiger partial charge in [0.15, 0.2) is 0 Å². The standard InChI is InChI=1S/C23H20N4/c1-23(2,21-11-3-9-19(26-21)17-7-5-13-24-15-17)22-12-4-10-20(27-22)18-8-6-14-25-16-18/h3-16H,1-2H3. The Morgan fingerprint density at radius 3 is 1.48 bits per heavy atom. The predicted molar refractivity (Wildman–Crippen MR) is 107 cm³/mol. The minimum absolute atomic E-state index is 0.337. The fraction of sp³-hybridized carbons (Fsp3) is 0.130. The van der Waals surface area contributed by atoms with Crippen molar-refractivity contribution in [3.05, 3.63) is 96.8 Å². The summed E-state index contributed by atoms with van der Waals surface area (Å²) in [6.07, 6.45) is 7.21. The molecule has 0 fully saturated rings. The van der Waals surface area contributed by atoms with E-state index in [0.29, 0.717) is 0 Å². The van der Waals surface area contributed by atoms with Gasteiger partial charge in [-0.15, -0.1) is 0 Å². The van der Waals surface area contributed by atoms with Gasteiger partial charge in [-0.05, 0) is 62.4 Å². The molecule has 0 saturated heterocycles. The smallest absolute Gasteiger partial charge is 0.0721 e. The van der Waals surface area contributed by atoms with Gasteiger partial charge in [0.05, 0.1) is 22.8 Å². The van der Waals surface area contributed by atoms with Crippen LogP contribution in [-0.2, 0) is 5.41 Å². The summed E-state index contributed by atoms with van der Waals surface area (Å²) in [4.78, 5) is 18.2. The molecular formula is C23H20N4. The van der Waals surface area contributed by atoms with Crippen molar-refractivity contribution in [1.82, 2.24) is 19.9 Å². The summed E-state index contributed by atoms with van der Waals surface area (Å²) in [5, 5.41) is 0. The van der Waals surface area contributed by atoms with E-state index in [9.17, 15) is 0 Å². The second-order valence-corrected chi connectivity index (χ2v) is 6.92. The Kier molecular flexibility index (Phi) is 4.47. The summed E-state index contributed by atoms with van der Waals surface area (Å²) in [5.41, 5.74) is 5.45. The van der Waals surface area contributed by atoms with Gasteiger partial charge < -0.3 is 0 Å². The Morgan fingerprint density at radius 1 is 0.593 bits per heavy atom. The average molecular weight is 352 g/mol. The molecule has 4 heterocycles. The third-order valence-corrected chi connectivity index (χ3v) is 4.69. The highest BCUT2D eigenvalue weighted by Gasteiger charge is 2.27. The average Bonchev–Trinajstić information content (AvgIpc) is 2.75. The highest BCUT2D eigenvalue weighted by Crippen LogP contribution is 2.31. The van der Waals surface area contributed by atoms with Crippen molar-refractivity contribution in [2.24, 2.45) is 0 Å². The highest BCUT2D eigenvalue weighted by molar-refractivity contribution is 5.59. The Hall–Kier alpha value is -3.40. The molecule has 0 aliphatic carbocycles. The van der Waals surface area contributed by atoms with E-state index in [-0.39, 0.29) is 5.41 Å². The third-order valence-electron chi connectivity index (χ3n) is 4.69. The van der Waals surface area contributed by atoms with Crippen LogP contribution in [0.1, 0.15) is 25.2 Å². The molecule has 0 spiro atoms. The zero-order valence-electron chi connectivity index (χ0n) is 15.4. The zero-order chi connectivity index (χ0) is 18.7. The molecule has 0 N–H and O–H groups in total. The number of rotatable bonds is 4. The van der Waals surface area contributed by atoms with Crippen molar-refractivity contribution in [3.63, 3.8) is 0 Å². The highest BCUT2D eigenvalue weighted by atomic mass is 14.8. The first kappa shape index (κ1) is 17.0. The molecule has 27 heavy (non-hydrogen) atoms. The zero-order valence-corrected chi connectivity index (χ0v) is 15.4. The fourth-order valence-corrected chi connectivity index (χ4v) is 3.05. The molecule has 4 aromatic rings. The maximum Gasteiger partial charge on any atom is 0.0721 e. The van der Waals surface area contributed by atoms with Gasteiger partial charge >= 0.3 is 0 Å². The monoisotopic (exact) mass is 352 g/mol. The first-order valence-corrected chi connectivity index (χ1v) is 8.90. The van der Waals surface area contributed by atoms with E-state index in [1.165, 1.54) is 0 Å². The lowest BCUT2D eigenvalue weighted by Crippen LogP contribution is -2.22. The second-order valence-electron chi connectivity index (χ2n) is 6.92. The van der Waals surface area contributed by atoms with E-state index in [0.717, 1.165) is 33.9 Å². The number of hydrogen-bond acceptors (Lipinski definition) is 4. The van der Waals surface area contributed by atoms with E-state index in [1.54, 1.807) is 12.4 Å². The largest absolute Gasteiger partial charge is 0.264 e. The van der Waals surface area contributed by atoms with Crippen LogP contribution in [0.15, 0.2) is 85.5 Å². The van der Waals surface area contributed by atoms with Crippen LogP contribution in [0, 0.1) is 0 Å². The Labute approximate surface area is 159 Å². The summed E-state index contributed by atoms with van der Waals surface area (Å²) < 4.78 is 0. The van der Waals surface area contributed by atoms with Crippen LogP contribution >= 0.6 is 0 Å². The number of nitrogens with zero attached hydrogens (tertiary/aromatic N) is 4. The molecule has 0 aromatic carbocycles. The Morgan fingerprint density at radius 2 is 1.07 bits per heavy atom. The van der Waals surface area contributed by atoms with Crippen LogP contribution in [0.25, 0.3) is 22.5 Å². The van der Waals surface area contributed by atoms with Gasteiger partial charge in [0.2, 0.25) is 0 Å². The van der Waals surface area contributed by atoms with Gasteiger partial charge in [0.1, 0.15) is 0 Å². The van der Waals surface area contributed by atoms with Gasteiger partial charge in [-0.2, -0.15) is 0 Å². The number of hydrogen-bond donors (Lipinski definition) is 0. The lowest BCUT2D eigenvalue weighted by molar-refractivity contribution is 0.597. The van der Waals surface area contributed by atoms with Gasteiger partial charge in [-0.1, -0.05) is 12.1 Å². The first-order chi connectivity index (χ1) is 13.1. The maximum atomic E-state index is 4.90. The molecule has 4 heteroatoms. The lowest BCUT2D eigenvalue weighted by Gasteiger charge is -2.24. The Bertz CT molecular complexity index is 959. The molecule has 4 nitrogen and oxygen atoms in total. The lowest BCUT2D eigenvalue weighted by atomic mass is 9.84. The van der Waals surface area contributed by atoms with Crippen LogP contribution in [-0.4, -0.2) is 19.9 Å². The Balaban J connectivity index is 1.74. The summed E-state index contributed by atoms with van der Waals surface area (Å²) in [7, 11) is 0. The summed E-state index contributed by atoms with van der Waals surface area (Å²) >= 11 is 0. The molecular weight excluding hydrogens is 332 g/mol. The van der Waals surface area contributed by atoms with Crippen molar-refractivity contribution in [2.45, 2.75) is 19.3 Å². The molecule has 0 amide bonds. The molecule has 0 aliphatic rings. The first-order valence-electron chi connectivity index (χ1n) is 8.90. The maximum absolute atomic E-state index is 4.90. The normalized spacial score (nSPS) is 11.3. The molecule has 0 radical (unpaired) electrons. The molecule has 0 atom stereocenters. The molecule has 0 aliphatic heterocycles. The minimum atomic E-state index is -0.337. The molecule has 0 bridgehead atoms. The van der Waals surface area contributed by atoms with Crippen molar-refractivity contribution in [3.8, 4) is 22.5 Å². The SMILES string of the molecule is CC(C)(c1cccc(-c2cccnc2)n1)c1cccc(-c2cccnc2)n1. The van der Waals surface area contributed by atoms with Crippen LogP contribution in [0.2, 0.25) is 0 Å². The van der Waals surface area contributed by atoms with Gasteiger partial charge in [-0.3, -0.25) is 19.9 Å². The fourth-order valence-electron chi connectivity index (χ4n) is 3.05. The number of pyridine rings is 4. The van der Waals surface area contributed by atoms with Crippen LogP contribution in [0.5, 0.6) is 0 Å². The van der Waals surface area contributed by atoms with E-state index < -0.39 is 0 Å². The predicted octanol–water partition coefficient (Wildman–Crippen LogP) is 4.93. The van der Waals surface area contributed by atoms with E-state index in [1.807, 2.05) is 60.9 Å². The van der Waals surface area contributed by atoms with Crippen molar-refractivity contribution in [1.29, 1.82) is 0 Å². The van der Waals surface area contributed by atoms with Crippen LogP contribution in [0.3, 0.4) is 0 Å². The van der Waals surface area contributed by atoms with E-state index >= 15 is 0 Å². The second kappa shape index (κ2) is 7.08. The van der Waals surface area contributed by atoms with Gasteiger partial charge in [0.25, 0.3) is 0 Å².